The van der Waals surface area contributed by atoms with Crippen LogP contribution in [-0.2, 0) is 0 Å². The van der Waals surface area contributed by atoms with Gasteiger partial charge in [-0.3, -0.25) is 0 Å². The SMILES string of the molecule is CCOc1ccc(C(NC)c2cccc(C)c2F)c(Br)c1. The lowest BCUT2D eigenvalue weighted by atomic mass is 9.96. The minimum absolute atomic E-state index is 0.169. The van der Waals surface area contributed by atoms with Crippen molar-refractivity contribution in [1.29, 1.82) is 0 Å². The number of aryl methyl sites for hydroxylation is 1. The molecular formula is C17H19BrFNO. The van der Waals surface area contributed by atoms with Crippen LogP contribution in [0.5, 0.6) is 5.75 Å². The highest BCUT2D eigenvalue weighted by Gasteiger charge is 2.19. The van der Waals surface area contributed by atoms with Crippen LogP contribution in [-0.4, -0.2) is 13.7 Å². The van der Waals surface area contributed by atoms with E-state index < -0.39 is 0 Å². The fourth-order valence-electron chi connectivity index (χ4n) is 2.37. The standard InChI is InChI=1S/C17H19BrFNO/c1-4-21-12-8-9-13(15(18)10-12)17(20-3)14-7-5-6-11(2)16(14)19/h5-10,17,20H,4H2,1-3H3. The molecule has 0 bridgehead atoms. The Bertz CT molecular complexity index is 630. The molecule has 0 saturated carbocycles. The van der Waals surface area contributed by atoms with E-state index in [2.05, 4.69) is 21.2 Å². The molecule has 112 valence electrons. The maximum atomic E-state index is 14.4. The van der Waals surface area contributed by atoms with Gasteiger partial charge < -0.3 is 10.1 Å². The number of halogens is 2. The molecule has 21 heavy (non-hydrogen) atoms. The van der Waals surface area contributed by atoms with Crippen molar-refractivity contribution in [2.24, 2.45) is 0 Å². The molecule has 0 aromatic heterocycles. The third-order valence-corrected chi connectivity index (χ3v) is 4.10. The molecule has 1 unspecified atom stereocenters. The first kappa shape index (κ1) is 16.0. The molecule has 1 N–H and O–H groups in total. The Morgan fingerprint density at radius 1 is 1.24 bits per heavy atom. The summed E-state index contributed by atoms with van der Waals surface area (Å²) in [4.78, 5) is 0. The van der Waals surface area contributed by atoms with Gasteiger partial charge in [-0.1, -0.05) is 40.2 Å². The molecule has 2 nitrogen and oxygen atoms in total. The quantitative estimate of drug-likeness (QED) is 0.849. The van der Waals surface area contributed by atoms with Crippen molar-refractivity contribution in [1.82, 2.24) is 5.32 Å². The normalized spacial score (nSPS) is 12.2. The van der Waals surface area contributed by atoms with E-state index in [-0.39, 0.29) is 11.9 Å². The van der Waals surface area contributed by atoms with E-state index in [1.807, 2.05) is 44.3 Å². The summed E-state index contributed by atoms with van der Waals surface area (Å²) in [6, 6.07) is 11.0. The van der Waals surface area contributed by atoms with Gasteiger partial charge in [-0.25, -0.2) is 4.39 Å². The van der Waals surface area contributed by atoms with Crippen LogP contribution in [0, 0.1) is 12.7 Å². The highest BCUT2D eigenvalue weighted by Crippen LogP contribution is 2.33. The Labute approximate surface area is 133 Å². The molecule has 0 saturated heterocycles. The molecule has 0 aliphatic heterocycles. The monoisotopic (exact) mass is 351 g/mol. The van der Waals surface area contributed by atoms with Crippen molar-refractivity contribution < 1.29 is 9.13 Å². The number of ether oxygens (including phenoxy) is 1. The molecular weight excluding hydrogens is 333 g/mol. The summed E-state index contributed by atoms with van der Waals surface area (Å²) >= 11 is 3.56. The van der Waals surface area contributed by atoms with Crippen LogP contribution in [0.1, 0.15) is 29.7 Å². The van der Waals surface area contributed by atoms with Crippen LogP contribution < -0.4 is 10.1 Å². The number of hydrogen-bond donors (Lipinski definition) is 1. The first-order valence-corrected chi connectivity index (χ1v) is 7.72. The van der Waals surface area contributed by atoms with Crippen molar-refractivity contribution >= 4 is 15.9 Å². The molecule has 4 heteroatoms. The Morgan fingerprint density at radius 3 is 2.62 bits per heavy atom. The van der Waals surface area contributed by atoms with E-state index in [0.717, 1.165) is 15.8 Å². The van der Waals surface area contributed by atoms with Crippen molar-refractivity contribution in [3.8, 4) is 5.75 Å². The predicted octanol–water partition coefficient (Wildman–Crippen LogP) is 4.60. The van der Waals surface area contributed by atoms with E-state index in [1.54, 1.807) is 13.0 Å². The number of nitrogens with one attached hydrogen (secondary N) is 1. The topological polar surface area (TPSA) is 21.3 Å². The summed E-state index contributed by atoms with van der Waals surface area (Å²) in [5, 5.41) is 3.18. The van der Waals surface area contributed by atoms with Crippen LogP contribution in [0.25, 0.3) is 0 Å². The van der Waals surface area contributed by atoms with Crippen LogP contribution in [0.4, 0.5) is 4.39 Å². The average Bonchev–Trinajstić information content (AvgIpc) is 2.46. The van der Waals surface area contributed by atoms with Crippen LogP contribution in [0.15, 0.2) is 40.9 Å². The van der Waals surface area contributed by atoms with Crippen molar-refractivity contribution in [2.45, 2.75) is 19.9 Å². The molecule has 0 aliphatic rings. The average molecular weight is 352 g/mol. The van der Waals surface area contributed by atoms with Crippen molar-refractivity contribution in [3.05, 3.63) is 63.4 Å². The largest absolute Gasteiger partial charge is 0.494 e. The summed E-state index contributed by atoms with van der Waals surface area (Å²) in [5.41, 5.74) is 2.27. The van der Waals surface area contributed by atoms with E-state index in [4.69, 9.17) is 4.74 Å². The first-order chi connectivity index (χ1) is 10.1. The highest BCUT2D eigenvalue weighted by atomic mass is 79.9. The van der Waals surface area contributed by atoms with Gasteiger partial charge >= 0.3 is 0 Å². The highest BCUT2D eigenvalue weighted by molar-refractivity contribution is 9.10. The fourth-order valence-corrected chi connectivity index (χ4v) is 2.96. The zero-order valence-corrected chi connectivity index (χ0v) is 14.0. The molecule has 2 aromatic carbocycles. The molecule has 0 fully saturated rings. The van der Waals surface area contributed by atoms with Crippen molar-refractivity contribution in [2.75, 3.05) is 13.7 Å². The summed E-state index contributed by atoms with van der Waals surface area (Å²) in [6.45, 7) is 4.34. The summed E-state index contributed by atoms with van der Waals surface area (Å²) in [5.74, 6) is 0.630. The van der Waals surface area contributed by atoms with Gasteiger partial charge in [0.05, 0.1) is 12.6 Å². The molecule has 0 spiro atoms. The maximum Gasteiger partial charge on any atom is 0.131 e. The Hall–Kier alpha value is -1.39. The number of hydrogen-bond acceptors (Lipinski definition) is 2. The fraction of sp³-hybridized carbons (Fsp3) is 0.294. The van der Waals surface area contributed by atoms with Gasteiger partial charge in [0.1, 0.15) is 11.6 Å². The lowest BCUT2D eigenvalue weighted by Crippen LogP contribution is -2.19. The van der Waals surface area contributed by atoms with Gasteiger partial charge in [-0.05, 0) is 44.2 Å². The van der Waals surface area contributed by atoms with Gasteiger partial charge in [0.2, 0.25) is 0 Å². The van der Waals surface area contributed by atoms with Gasteiger partial charge in [-0.15, -0.1) is 0 Å². The molecule has 0 heterocycles. The second-order valence-corrected chi connectivity index (χ2v) is 5.67. The minimum Gasteiger partial charge on any atom is -0.494 e. The Morgan fingerprint density at radius 2 is 2.00 bits per heavy atom. The van der Waals surface area contributed by atoms with E-state index in [0.29, 0.717) is 17.7 Å². The molecule has 0 amide bonds. The Balaban J connectivity index is 2.44. The molecule has 0 radical (unpaired) electrons. The van der Waals surface area contributed by atoms with Crippen LogP contribution in [0.3, 0.4) is 0 Å². The molecule has 1 atom stereocenters. The van der Waals surface area contributed by atoms with Crippen LogP contribution >= 0.6 is 15.9 Å². The van der Waals surface area contributed by atoms with E-state index in [1.165, 1.54) is 0 Å². The smallest absolute Gasteiger partial charge is 0.131 e. The van der Waals surface area contributed by atoms with Gasteiger partial charge in [0, 0.05) is 10.0 Å². The zero-order valence-electron chi connectivity index (χ0n) is 12.4. The second kappa shape index (κ2) is 7.05. The van der Waals surface area contributed by atoms with Crippen LogP contribution in [0.2, 0.25) is 0 Å². The van der Waals surface area contributed by atoms with Crippen molar-refractivity contribution in [3.63, 3.8) is 0 Å². The molecule has 2 rings (SSSR count). The number of rotatable bonds is 5. The van der Waals surface area contributed by atoms with Gasteiger partial charge in [-0.2, -0.15) is 0 Å². The lowest BCUT2D eigenvalue weighted by Gasteiger charge is -2.20. The van der Waals surface area contributed by atoms with Gasteiger partial charge in [0.15, 0.2) is 0 Å². The summed E-state index contributed by atoms with van der Waals surface area (Å²) in [7, 11) is 1.83. The van der Waals surface area contributed by atoms with E-state index in [9.17, 15) is 4.39 Å². The summed E-state index contributed by atoms with van der Waals surface area (Å²) in [6.07, 6.45) is 0. The lowest BCUT2D eigenvalue weighted by molar-refractivity contribution is 0.340. The third kappa shape index (κ3) is 3.44. The second-order valence-electron chi connectivity index (χ2n) is 4.82. The molecule has 0 aliphatic carbocycles. The number of benzene rings is 2. The maximum absolute atomic E-state index is 14.4. The minimum atomic E-state index is -0.213. The summed E-state index contributed by atoms with van der Waals surface area (Å²) < 4.78 is 20.8. The predicted molar refractivity (Wildman–Crippen MR) is 87.4 cm³/mol. The third-order valence-electron chi connectivity index (χ3n) is 3.42. The Kier molecular flexibility index (Phi) is 5.37. The zero-order chi connectivity index (χ0) is 15.4. The first-order valence-electron chi connectivity index (χ1n) is 6.93. The van der Waals surface area contributed by atoms with Gasteiger partial charge in [0.25, 0.3) is 0 Å². The molecule has 2 aromatic rings. The van der Waals surface area contributed by atoms with E-state index >= 15 is 0 Å².